The van der Waals surface area contributed by atoms with E-state index in [-0.39, 0.29) is 18.2 Å². The van der Waals surface area contributed by atoms with Crippen molar-refractivity contribution in [2.75, 3.05) is 10.6 Å². The van der Waals surface area contributed by atoms with Gasteiger partial charge in [0, 0.05) is 25.3 Å². The Labute approximate surface area is 182 Å². The van der Waals surface area contributed by atoms with Crippen molar-refractivity contribution in [1.82, 2.24) is 25.1 Å². The zero-order chi connectivity index (χ0) is 21.7. The maximum Gasteiger partial charge on any atom is 0.407 e. The number of carbonyl (C=O) groups excluding carboxylic acids is 1. The van der Waals surface area contributed by atoms with Crippen LogP contribution in [0.25, 0.3) is 0 Å². The molecule has 1 aliphatic carbocycles. The summed E-state index contributed by atoms with van der Waals surface area (Å²) in [7, 11) is 1.84. The van der Waals surface area contributed by atoms with Gasteiger partial charge in [0.15, 0.2) is 5.82 Å². The molecule has 2 atom stereocenters. The number of ether oxygens (including phenoxy) is 1. The van der Waals surface area contributed by atoms with E-state index in [0.717, 1.165) is 37.8 Å². The molecule has 2 aromatic rings. The summed E-state index contributed by atoms with van der Waals surface area (Å²) in [5.74, 6) is 1.01. The minimum Gasteiger partial charge on any atom is -0.444 e. The van der Waals surface area contributed by atoms with Crippen molar-refractivity contribution in [2.24, 2.45) is 7.05 Å². The van der Waals surface area contributed by atoms with Crippen LogP contribution in [0.2, 0.25) is 5.02 Å². The Morgan fingerprint density at radius 3 is 2.63 bits per heavy atom. The van der Waals surface area contributed by atoms with Gasteiger partial charge in [0.1, 0.15) is 10.6 Å². The highest BCUT2D eigenvalue weighted by atomic mass is 35.5. The summed E-state index contributed by atoms with van der Waals surface area (Å²) in [5.41, 5.74) is 0.278. The third-order valence-corrected chi connectivity index (χ3v) is 4.97. The van der Waals surface area contributed by atoms with Crippen LogP contribution in [0.1, 0.15) is 52.9 Å². The van der Waals surface area contributed by atoms with Crippen molar-refractivity contribution in [3.05, 3.63) is 23.6 Å². The molecule has 1 saturated carbocycles. The van der Waals surface area contributed by atoms with Crippen LogP contribution in [0.15, 0.2) is 18.6 Å². The molecule has 0 bridgehead atoms. The van der Waals surface area contributed by atoms with Crippen molar-refractivity contribution in [1.29, 1.82) is 0 Å². The molecule has 2 heterocycles. The van der Waals surface area contributed by atoms with E-state index in [2.05, 4.69) is 31.0 Å². The lowest BCUT2D eigenvalue weighted by molar-refractivity contribution is 0.0499. The molecule has 3 N–H and O–H groups in total. The Balaban J connectivity index is 1.63. The van der Waals surface area contributed by atoms with E-state index in [0.29, 0.717) is 16.8 Å². The number of nitrogens with one attached hydrogen (secondary N) is 3. The number of carbonyl (C=O) groups is 1. The smallest absolute Gasteiger partial charge is 0.407 e. The van der Waals surface area contributed by atoms with Crippen molar-refractivity contribution in [3.63, 3.8) is 0 Å². The summed E-state index contributed by atoms with van der Waals surface area (Å²) in [5, 5.41) is 14.1. The third kappa shape index (κ3) is 6.76. The summed E-state index contributed by atoms with van der Waals surface area (Å²) >= 11 is 6.34. The predicted molar refractivity (Wildman–Crippen MR) is 117 cm³/mol. The van der Waals surface area contributed by atoms with Crippen LogP contribution in [0.4, 0.5) is 22.2 Å². The van der Waals surface area contributed by atoms with Gasteiger partial charge < -0.3 is 20.7 Å². The highest BCUT2D eigenvalue weighted by Gasteiger charge is 2.25. The zero-order valence-corrected chi connectivity index (χ0v) is 18.7. The van der Waals surface area contributed by atoms with Crippen LogP contribution < -0.4 is 16.0 Å². The van der Waals surface area contributed by atoms with Crippen LogP contribution in [0, 0.1) is 0 Å². The minimum absolute atomic E-state index is 0.0356. The molecule has 1 amide bonds. The molecule has 0 unspecified atom stereocenters. The van der Waals surface area contributed by atoms with Crippen LogP contribution in [-0.4, -0.2) is 43.5 Å². The molecular formula is C20H30ClN7O2. The number of alkyl carbamates (subject to hydrolysis) is 1. The topological polar surface area (TPSA) is 106 Å². The maximum atomic E-state index is 12.2. The summed E-state index contributed by atoms with van der Waals surface area (Å²) < 4.78 is 7.10. The number of hydrogen-bond donors (Lipinski definition) is 3. The molecule has 2 aromatic heterocycles. The molecule has 1 fully saturated rings. The standard InChI is InChI=1S/C20H30ClN7O2/c1-20(2,3)30-19(29)26-14-8-6-5-7-13(9-14)24-17-16(21)11-22-18(27-17)25-15-10-23-28(4)12-15/h10-14H,5-9H2,1-4H3,(H,26,29)(H2,22,24,25,27)/t13-,14+/m1/s1. The Bertz CT molecular complexity index is 865. The number of amides is 1. The molecule has 164 valence electrons. The largest absolute Gasteiger partial charge is 0.444 e. The second-order valence-corrected chi connectivity index (χ2v) is 9.03. The first-order valence-corrected chi connectivity index (χ1v) is 10.6. The fraction of sp³-hybridized carbons (Fsp3) is 0.600. The first kappa shape index (κ1) is 22.1. The number of halogens is 1. The van der Waals surface area contributed by atoms with Gasteiger partial charge in [-0.15, -0.1) is 0 Å². The monoisotopic (exact) mass is 435 g/mol. The Morgan fingerprint density at radius 2 is 1.97 bits per heavy atom. The van der Waals surface area contributed by atoms with Gasteiger partial charge in [-0.05, 0) is 40.0 Å². The van der Waals surface area contributed by atoms with Gasteiger partial charge in [-0.25, -0.2) is 9.78 Å². The molecule has 3 rings (SSSR count). The summed E-state index contributed by atoms with van der Waals surface area (Å²) in [6.07, 6.45) is 9.50. The quantitative estimate of drug-likeness (QED) is 0.603. The number of nitrogens with zero attached hydrogens (tertiary/aromatic N) is 4. The highest BCUT2D eigenvalue weighted by molar-refractivity contribution is 6.32. The number of rotatable bonds is 5. The lowest BCUT2D eigenvalue weighted by Crippen LogP contribution is -2.41. The van der Waals surface area contributed by atoms with E-state index in [9.17, 15) is 4.79 Å². The van der Waals surface area contributed by atoms with Gasteiger partial charge in [-0.1, -0.05) is 24.4 Å². The Morgan fingerprint density at radius 1 is 1.23 bits per heavy atom. The lowest BCUT2D eigenvalue weighted by atomic mass is 10.1. The van der Waals surface area contributed by atoms with Crippen LogP contribution in [-0.2, 0) is 11.8 Å². The molecule has 0 spiro atoms. The average Bonchev–Trinajstić information content (AvgIpc) is 2.91. The zero-order valence-electron chi connectivity index (χ0n) is 17.9. The number of aromatic nitrogens is 4. The number of hydrogen-bond acceptors (Lipinski definition) is 7. The molecule has 10 heteroatoms. The normalized spacial score (nSPS) is 19.6. The lowest BCUT2D eigenvalue weighted by Gasteiger charge is -2.25. The summed E-state index contributed by atoms with van der Waals surface area (Å²) in [6, 6.07) is 0.166. The number of anilines is 3. The molecular weight excluding hydrogens is 406 g/mol. The van der Waals surface area contributed by atoms with Crippen molar-refractivity contribution >= 4 is 35.1 Å². The van der Waals surface area contributed by atoms with E-state index >= 15 is 0 Å². The first-order valence-electron chi connectivity index (χ1n) is 10.2. The molecule has 0 saturated heterocycles. The van der Waals surface area contributed by atoms with E-state index in [1.165, 1.54) is 0 Å². The van der Waals surface area contributed by atoms with E-state index in [1.54, 1.807) is 17.1 Å². The Kier molecular flexibility index (Phi) is 7.02. The molecule has 30 heavy (non-hydrogen) atoms. The van der Waals surface area contributed by atoms with Crippen LogP contribution >= 0.6 is 11.6 Å². The third-order valence-electron chi connectivity index (χ3n) is 4.69. The predicted octanol–water partition coefficient (Wildman–Crippen LogP) is 4.25. The van der Waals surface area contributed by atoms with Crippen LogP contribution in [0.3, 0.4) is 0 Å². The first-order chi connectivity index (χ1) is 14.2. The number of aryl methyl sites for hydroxylation is 1. The van der Waals surface area contributed by atoms with Gasteiger partial charge in [-0.3, -0.25) is 4.68 Å². The van der Waals surface area contributed by atoms with Crippen molar-refractivity contribution in [3.8, 4) is 0 Å². The van der Waals surface area contributed by atoms with Gasteiger partial charge in [-0.2, -0.15) is 10.1 Å². The van der Waals surface area contributed by atoms with Crippen molar-refractivity contribution in [2.45, 2.75) is 70.6 Å². The molecule has 1 aliphatic rings. The van der Waals surface area contributed by atoms with E-state index in [1.807, 2.05) is 34.0 Å². The average molecular weight is 436 g/mol. The van der Waals surface area contributed by atoms with Gasteiger partial charge in [0.05, 0.1) is 18.1 Å². The van der Waals surface area contributed by atoms with E-state index < -0.39 is 5.60 Å². The molecule has 0 aromatic carbocycles. The van der Waals surface area contributed by atoms with Gasteiger partial charge in [0.25, 0.3) is 0 Å². The second kappa shape index (κ2) is 9.51. The van der Waals surface area contributed by atoms with Crippen molar-refractivity contribution < 1.29 is 9.53 Å². The SMILES string of the molecule is Cn1cc(Nc2ncc(Cl)c(N[C@@H]3CCCC[C@H](NC(=O)OC(C)(C)C)C3)n2)cn1. The summed E-state index contributed by atoms with van der Waals surface area (Å²) in [6.45, 7) is 5.58. The fourth-order valence-corrected chi connectivity index (χ4v) is 3.58. The highest BCUT2D eigenvalue weighted by Crippen LogP contribution is 2.26. The second-order valence-electron chi connectivity index (χ2n) is 8.62. The van der Waals surface area contributed by atoms with Gasteiger partial charge >= 0.3 is 6.09 Å². The van der Waals surface area contributed by atoms with Crippen LogP contribution in [0.5, 0.6) is 0 Å². The minimum atomic E-state index is -0.515. The Hall–Kier alpha value is -2.55. The van der Waals surface area contributed by atoms with Gasteiger partial charge in [0.2, 0.25) is 5.95 Å². The molecule has 0 radical (unpaired) electrons. The fourth-order valence-electron chi connectivity index (χ4n) is 3.43. The maximum absolute atomic E-state index is 12.2. The molecule has 0 aliphatic heterocycles. The molecule has 9 nitrogen and oxygen atoms in total. The van der Waals surface area contributed by atoms with E-state index in [4.69, 9.17) is 16.3 Å². The summed E-state index contributed by atoms with van der Waals surface area (Å²) in [4.78, 5) is 20.9.